The van der Waals surface area contributed by atoms with Crippen LogP contribution < -0.4 is 10.1 Å². The average molecular weight is 538 g/mol. The van der Waals surface area contributed by atoms with Crippen LogP contribution >= 0.6 is 22.6 Å². The minimum absolute atomic E-state index is 0.242. The van der Waals surface area contributed by atoms with Crippen LogP contribution in [0.1, 0.15) is 27.8 Å². The number of hydrogen-bond acceptors (Lipinski definition) is 3. The highest BCUT2D eigenvalue weighted by atomic mass is 127. The van der Waals surface area contributed by atoms with Crippen molar-refractivity contribution in [2.45, 2.75) is 27.0 Å². The molecule has 3 aromatic carbocycles. The van der Waals surface area contributed by atoms with E-state index in [1.165, 1.54) is 10.5 Å². The lowest BCUT2D eigenvalue weighted by Gasteiger charge is -2.12. The lowest BCUT2D eigenvalue weighted by molar-refractivity contribution is -0.123. The van der Waals surface area contributed by atoms with Crippen LogP contribution in [0.4, 0.5) is 4.79 Å². The van der Waals surface area contributed by atoms with Crippen LogP contribution in [0.5, 0.6) is 5.75 Å². The molecule has 0 bridgehead atoms. The standard InChI is InChI=1S/C26H23IN2O3/c1-17-3-7-19(8-4-17)15-29-25(30)23(28-26(29)31)14-21-11-12-24(22(27)13-21)32-16-20-9-5-18(2)6-10-20/h3-14H,15-16H2,1-2H3,(H,28,31)/b23-14+. The van der Waals surface area contributed by atoms with Gasteiger partial charge in [-0.3, -0.25) is 9.69 Å². The van der Waals surface area contributed by atoms with E-state index >= 15 is 0 Å². The molecule has 4 rings (SSSR count). The first-order chi connectivity index (χ1) is 15.4. The zero-order chi connectivity index (χ0) is 22.7. The summed E-state index contributed by atoms with van der Waals surface area (Å²) in [5.41, 5.74) is 5.44. The topological polar surface area (TPSA) is 58.6 Å². The van der Waals surface area contributed by atoms with Gasteiger partial charge in [0.1, 0.15) is 18.1 Å². The number of amides is 3. The SMILES string of the molecule is Cc1ccc(COc2ccc(/C=C3/NC(=O)N(Cc4ccc(C)cc4)C3=O)cc2I)cc1. The molecule has 0 spiro atoms. The van der Waals surface area contributed by atoms with Crippen LogP contribution in [0.2, 0.25) is 0 Å². The molecule has 3 amide bonds. The van der Waals surface area contributed by atoms with Gasteiger partial charge in [-0.15, -0.1) is 0 Å². The van der Waals surface area contributed by atoms with Crippen molar-refractivity contribution in [3.63, 3.8) is 0 Å². The maximum absolute atomic E-state index is 12.8. The second-order valence-corrected chi connectivity index (χ2v) is 8.99. The Hall–Kier alpha value is -3.13. The molecule has 0 atom stereocenters. The number of benzene rings is 3. The van der Waals surface area contributed by atoms with Gasteiger partial charge >= 0.3 is 6.03 Å². The fourth-order valence-corrected chi connectivity index (χ4v) is 4.02. The third kappa shape index (κ3) is 5.19. The third-order valence-electron chi connectivity index (χ3n) is 5.21. The number of carbonyl (C=O) groups excluding carboxylic acids is 2. The van der Waals surface area contributed by atoms with Crippen LogP contribution in [-0.4, -0.2) is 16.8 Å². The van der Waals surface area contributed by atoms with E-state index in [0.717, 1.165) is 31.6 Å². The molecule has 5 nitrogen and oxygen atoms in total. The molecule has 0 unspecified atom stereocenters. The number of nitrogens with one attached hydrogen (secondary N) is 1. The van der Waals surface area contributed by atoms with Gasteiger partial charge in [0.25, 0.3) is 5.91 Å². The van der Waals surface area contributed by atoms with Crippen molar-refractivity contribution in [1.82, 2.24) is 10.2 Å². The quantitative estimate of drug-likeness (QED) is 0.253. The predicted molar refractivity (Wildman–Crippen MR) is 133 cm³/mol. The molecule has 0 aliphatic carbocycles. The molecule has 1 heterocycles. The monoisotopic (exact) mass is 538 g/mol. The molecule has 0 aromatic heterocycles. The van der Waals surface area contributed by atoms with Crippen molar-refractivity contribution in [3.05, 3.63) is 104 Å². The number of halogens is 1. The lowest BCUT2D eigenvalue weighted by Crippen LogP contribution is -2.30. The molecule has 1 aliphatic heterocycles. The summed E-state index contributed by atoms with van der Waals surface area (Å²) in [4.78, 5) is 26.3. The number of nitrogens with zero attached hydrogens (tertiary/aromatic N) is 1. The van der Waals surface area contributed by atoms with Crippen LogP contribution in [-0.2, 0) is 17.9 Å². The van der Waals surface area contributed by atoms with E-state index in [-0.39, 0.29) is 18.1 Å². The second kappa shape index (κ2) is 9.56. The van der Waals surface area contributed by atoms with Crippen molar-refractivity contribution in [1.29, 1.82) is 0 Å². The molecule has 1 saturated heterocycles. The Morgan fingerprint density at radius 3 is 2.16 bits per heavy atom. The molecular weight excluding hydrogens is 515 g/mol. The molecule has 6 heteroatoms. The molecule has 0 saturated carbocycles. The largest absolute Gasteiger partial charge is 0.488 e. The van der Waals surface area contributed by atoms with E-state index in [0.29, 0.717) is 6.61 Å². The van der Waals surface area contributed by atoms with Gasteiger partial charge in [-0.05, 0) is 71.3 Å². The summed E-state index contributed by atoms with van der Waals surface area (Å²) >= 11 is 2.21. The smallest absolute Gasteiger partial charge is 0.329 e. The maximum atomic E-state index is 12.8. The van der Waals surface area contributed by atoms with E-state index in [9.17, 15) is 9.59 Å². The first kappa shape index (κ1) is 22.1. The Morgan fingerprint density at radius 2 is 1.53 bits per heavy atom. The van der Waals surface area contributed by atoms with E-state index in [4.69, 9.17) is 4.74 Å². The predicted octanol–water partition coefficient (Wildman–Crippen LogP) is 5.58. The number of carbonyl (C=O) groups is 2. The number of imide groups is 1. The Morgan fingerprint density at radius 1 is 0.906 bits per heavy atom. The Balaban J connectivity index is 1.44. The van der Waals surface area contributed by atoms with E-state index < -0.39 is 6.03 Å². The lowest BCUT2D eigenvalue weighted by atomic mass is 10.1. The normalized spacial score (nSPS) is 14.7. The first-order valence-electron chi connectivity index (χ1n) is 10.3. The molecule has 3 aromatic rings. The first-order valence-corrected chi connectivity index (χ1v) is 11.3. The number of rotatable bonds is 6. The van der Waals surface area contributed by atoms with E-state index in [1.807, 2.05) is 49.4 Å². The number of aryl methyl sites for hydroxylation is 2. The fourth-order valence-electron chi connectivity index (χ4n) is 3.33. The van der Waals surface area contributed by atoms with Crippen molar-refractivity contribution in [2.75, 3.05) is 0 Å². The number of hydrogen-bond donors (Lipinski definition) is 1. The molecular formula is C26H23IN2O3. The summed E-state index contributed by atoms with van der Waals surface area (Å²) in [6, 6.07) is 21.3. The Kier molecular flexibility index (Phi) is 6.60. The molecule has 1 fully saturated rings. The average Bonchev–Trinajstić information content (AvgIpc) is 3.03. The van der Waals surface area contributed by atoms with Gasteiger partial charge in [-0.1, -0.05) is 65.7 Å². The Bertz CT molecular complexity index is 1180. The van der Waals surface area contributed by atoms with Gasteiger partial charge in [0, 0.05) is 0 Å². The van der Waals surface area contributed by atoms with Gasteiger partial charge in [0.15, 0.2) is 0 Å². The second-order valence-electron chi connectivity index (χ2n) is 7.83. The van der Waals surface area contributed by atoms with Gasteiger partial charge in [-0.2, -0.15) is 0 Å². The van der Waals surface area contributed by atoms with Crippen LogP contribution in [0, 0.1) is 17.4 Å². The van der Waals surface area contributed by atoms with Gasteiger partial charge in [0.2, 0.25) is 0 Å². The molecule has 0 radical (unpaired) electrons. The third-order valence-corrected chi connectivity index (χ3v) is 6.05. The fraction of sp³-hybridized carbons (Fsp3) is 0.154. The number of urea groups is 1. The summed E-state index contributed by atoms with van der Waals surface area (Å²) < 4.78 is 6.87. The highest BCUT2D eigenvalue weighted by molar-refractivity contribution is 14.1. The summed E-state index contributed by atoms with van der Waals surface area (Å²) in [7, 11) is 0. The minimum Gasteiger partial charge on any atom is -0.488 e. The number of ether oxygens (including phenoxy) is 1. The van der Waals surface area contributed by atoms with Crippen molar-refractivity contribution >= 4 is 40.6 Å². The van der Waals surface area contributed by atoms with Crippen molar-refractivity contribution in [2.24, 2.45) is 0 Å². The van der Waals surface area contributed by atoms with Crippen LogP contribution in [0.3, 0.4) is 0 Å². The molecule has 1 N–H and O–H groups in total. The van der Waals surface area contributed by atoms with Crippen molar-refractivity contribution < 1.29 is 14.3 Å². The zero-order valence-electron chi connectivity index (χ0n) is 17.9. The summed E-state index contributed by atoms with van der Waals surface area (Å²) in [5, 5.41) is 2.68. The maximum Gasteiger partial charge on any atom is 0.329 e. The van der Waals surface area contributed by atoms with E-state index in [1.54, 1.807) is 6.08 Å². The van der Waals surface area contributed by atoms with Gasteiger partial charge in [-0.25, -0.2) is 4.79 Å². The van der Waals surface area contributed by atoms with Gasteiger partial charge in [0.05, 0.1) is 10.1 Å². The van der Waals surface area contributed by atoms with Crippen molar-refractivity contribution in [3.8, 4) is 5.75 Å². The Labute approximate surface area is 201 Å². The molecule has 32 heavy (non-hydrogen) atoms. The van der Waals surface area contributed by atoms with E-state index in [2.05, 4.69) is 59.1 Å². The highest BCUT2D eigenvalue weighted by Crippen LogP contribution is 2.25. The summed E-state index contributed by atoms with van der Waals surface area (Å²) in [6.45, 7) is 4.78. The van der Waals surface area contributed by atoms with Crippen LogP contribution in [0.25, 0.3) is 6.08 Å². The molecule has 162 valence electrons. The van der Waals surface area contributed by atoms with Gasteiger partial charge < -0.3 is 10.1 Å². The zero-order valence-corrected chi connectivity index (χ0v) is 20.0. The summed E-state index contributed by atoms with van der Waals surface area (Å²) in [5.74, 6) is 0.446. The highest BCUT2D eigenvalue weighted by Gasteiger charge is 2.33. The van der Waals surface area contributed by atoms with Crippen LogP contribution in [0.15, 0.2) is 72.4 Å². The summed E-state index contributed by atoms with van der Waals surface area (Å²) in [6.07, 6.45) is 1.70. The minimum atomic E-state index is -0.408. The molecule has 1 aliphatic rings.